The lowest BCUT2D eigenvalue weighted by Gasteiger charge is -2.53. The second kappa shape index (κ2) is 16.6. The van der Waals surface area contributed by atoms with Crippen LogP contribution in [-0.2, 0) is 27.8 Å². The van der Waals surface area contributed by atoms with E-state index in [-0.39, 0.29) is 11.8 Å². The molecule has 0 aromatic heterocycles. The zero-order chi connectivity index (χ0) is 38.1. The topological polar surface area (TPSA) is 91.4 Å². The van der Waals surface area contributed by atoms with Gasteiger partial charge < -0.3 is 14.4 Å². The zero-order valence-electron chi connectivity index (χ0n) is 32.8. The summed E-state index contributed by atoms with van der Waals surface area (Å²) in [5, 5.41) is -0.0617. The van der Waals surface area contributed by atoms with Gasteiger partial charge in [-0.3, -0.25) is 14.6 Å². The summed E-state index contributed by atoms with van der Waals surface area (Å²) in [4.78, 5) is 21.2. The molecule has 3 heterocycles. The van der Waals surface area contributed by atoms with Crippen LogP contribution in [-0.4, -0.2) is 92.9 Å². The van der Waals surface area contributed by atoms with Gasteiger partial charge in [-0.05, 0) is 132 Å². The summed E-state index contributed by atoms with van der Waals surface area (Å²) in [5.41, 5.74) is 2.86. The molecule has 1 saturated carbocycles. The largest absolute Gasteiger partial charge is 0.487 e. The van der Waals surface area contributed by atoms with Crippen LogP contribution >= 0.6 is 11.6 Å². The van der Waals surface area contributed by atoms with Gasteiger partial charge in [0.25, 0.3) is 5.91 Å². The highest BCUT2D eigenvalue weighted by atomic mass is 35.5. The predicted octanol–water partition coefficient (Wildman–Crippen LogP) is 7.32. The lowest BCUT2D eigenvalue weighted by atomic mass is 9.63. The first-order valence-corrected chi connectivity index (χ1v) is 21.7. The molecule has 2 aromatic rings. The number of halogens is 1. The first kappa shape index (κ1) is 40.0. The molecular weight excluding hydrogens is 708 g/mol. The number of ether oxygens (including phenoxy) is 2. The van der Waals surface area contributed by atoms with Gasteiger partial charge in [0, 0.05) is 68.5 Å². The van der Waals surface area contributed by atoms with Crippen LogP contribution in [0.2, 0.25) is 5.02 Å². The van der Waals surface area contributed by atoms with Crippen LogP contribution in [0.5, 0.6) is 5.75 Å². The van der Waals surface area contributed by atoms with Gasteiger partial charge >= 0.3 is 0 Å². The van der Waals surface area contributed by atoms with Crippen LogP contribution in [0.25, 0.3) is 0 Å². The number of carbonyl (C=O) groups excluding carboxylic acids is 1. The molecule has 11 heteroatoms. The Labute approximate surface area is 323 Å². The number of rotatable bonds is 4. The number of fused-ring (bicyclic) bond motifs is 3. The minimum Gasteiger partial charge on any atom is -0.487 e. The Bertz CT molecular complexity index is 1740. The molecule has 1 aliphatic carbocycles. The van der Waals surface area contributed by atoms with Crippen molar-refractivity contribution in [2.24, 2.45) is 17.8 Å². The number of anilines is 1. The van der Waals surface area contributed by atoms with E-state index in [1.54, 1.807) is 13.0 Å². The predicted molar refractivity (Wildman–Crippen MR) is 214 cm³/mol. The third-order valence-corrected chi connectivity index (χ3v) is 14.8. The van der Waals surface area contributed by atoms with Gasteiger partial charge in [-0.15, -0.1) is 0 Å². The maximum Gasteiger partial charge on any atom is 0.264 e. The van der Waals surface area contributed by atoms with Crippen molar-refractivity contribution in [2.75, 3.05) is 44.7 Å². The molecule has 2 fully saturated rings. The average Bonchev–Trinajstić information content (AvgIpc) is 3.11. The standard InChI is InChI=1S/C42H61ClN4O5S/c1-28(2)47-30(4)23-45(24-31(47)5)27-42(51-7)19-10-11-29(3)32(6)53(49,50)44-41(48)34-15-18-40-39(22-34)46(25-35-14-17-38(35)42)20-9-8-12-33-21-37(43)16-13-36(33)26-52-40/h10,13,15-16,18-19,21-22,28-32,35,38H,8-9,11-12,14,17,20,23-27H2,1-7H3,(H,44,48)/b19-10+/t29-,30+,31+,32+,35-,38+,42-/m0/s1. The molecule has 9 nitrogen and oxygen atoms in total. The van der Waals surface area contributed by atoms with Crippen molar-refractivity contribution in [1.29, 1.82) is 0 Å². The third kappa shape index (κ3) is 8.77. The number of methoxy groups -OCH3 is 1. The van der Waals surface area contributed by atoms with Crippen molar-refractivity contribution >= 4 is 33.2 Å². The number of benzene rings is 2. The average molecular weight is 769 g/mol. The molecule has 7 atom stereocenters. The van der Waals surface area contributed by atoms with E-state index < -0.39 is 26.8 Å². The number of sulfonamides is 1. The molecule has 292 valence electrons. The molecule has 6 rings (SSSR count). The van der Waals surface area contributed by atoms with E-state index in [4.69, 9.17) is 21.1 Å². The number of amides is 1. The number of piperazine rings is 1. The first-order valence-electron chi connectivity index (χ1n) is 19.8. The summed E-state index contributed by atoms with van der Waals surface area (Å²) in [7, 11) is -2.10. The van der Waals surface area contributed by atoms with E-state index in [0.29, 0.717) is 48.4 Å². The van der Waals surface area contributed by atoms with E-state index in [9.17, 15) is 13.2 Å². The Morgan fingerprint density at radius 3 is 2.43 bits per heavy atom. The fourth-order valence-corrected chi connectivity index (χ4v) is 11.1. The lowest BCUT2D eigenvalue weighted by Crippen LogP contribution is -2.63. The molecule has 2 aromatic carbocycles. The number of nitrogens with one attached hydrogen (secondary N) is 1. The Morgan fingerprint density at radius 1 is 1.00 bits per heavy atom. The highest BCUT2D eigenvalue weighted by Gasteiger charge is 2.49. The van der Waals surface area contributed by atoms with Crippen LogP contribution in [0.3, 0.4) is 0 Å². The molecule has 2 bridgehead atoms. The van der Waals surface area contributed by atoms with E-state index in [2.05, 4.69) is 59.3 Å². The number of nitrogens with zero attached hydrogens (tertiary/aromatic N) is 3. The molecule has 53 heavy (non-hydrogen) atoms. The van der Waals surface area contributed by atoms with Crippen molar-refractivity contribution < 1.29 is 22.7 Å². The van der Waals surface area contributed by atoms with Crippen LogP contribution in [0.4, 0.5) is 5.69 Å². The molecule has 4 aliphatic rings. The third-order valence-electron chi connectivity index (χ3n) is 12.7. The van der Waals surface area contributed by atoms with Gasteiger partial charge in [-0.25, -0.2) is 13.1 Å². The Hall–Kier alpha value is -2.63. The molecule has 1 saturated heterocycles. The highest BCUT2D eigenvalue weighted by molar-refractivity contribution is 7.90. The minimum atomic E-state index is -3.96. The normalized spacial score (nSPS) is 32.3. The van der Waals surface area contributed by atoms with Gasteiger partial charge in [0.1, 0.15) is 18.0 Å². The number of aryl methyl sites for hydroxylation is 1. The zero-order valence-corrected chi connectivity index (χ0v) is 34.4. The Balaban J connectivity index is 1.39. The summed E-state index contributed by atoms with van der Waals surface area (Å²) in [6.45, 7) is 17.5. The molecule has 3 aliphatic heterocycles. The van der Waals surface area contributed by atoms with E-state index in [1.807, 2.05) is 44.4 Å². The van der Waals surface area contributed by atoms with Crippen LogP contribution in [0.1, 0.15) is 95.1 Å². The summed E-state index contributed by atoms with van der Waals surface area (Å²) in [6.07, 6.45) is 9.92. The van der Waals surface area contributed by atoms with E-state index >= 15 is 0 Å². The molecule has 1 amide bonds. The maximum absolute atomic E-state index is 13.6. The van der Waals surface area contributed by atoms with Crippen molar-refractivity contribution in [1.82, 2.24) is 14.5 Å². The Kier molecular flexibility index (Phi) is 12.6. The van der Waals surface area contributed by atoms with Crippen molar-refractivity contribution in [3.63, 3.8) is 0 Å². The van der Waals surface area contributed by atoms with Crippen molar-refractivity contribution in [2.45, 2.75) is 116 Å². The SMILES string of the molecule is CO[C@]1(CN2C[C@@H](C)N(C(C)C)[C@H](C)C2)/C=C/C[C@H](C)[C@@H](C)S(=O)(=O)NC(=O)c2ccc3c(c2)N(CCCCc2cc(Cl)ccc2CO3)C[C@@H]2CC[C@H]21. The summed E-state index contributed by atoms with van der Waals surface area (Å²) in [6, 6.07) is 12.6. The van der Waals surface area contributed by atoms with Crippen molar-refractivity contribution in [3.8, 4) is 5.75 Å². The fraction of sp³-hybridized carbons (Fsp3) is 0.643. The fourth-order valence-electron chi connectivity index (χ4n) is 9.57. The van der Waals surface area contributed by atoms with E-state index in [0.717, 1.165) is 81.1 Å². The van der Waals surface area contributed by atoms with Gasteiger partial charge in [-0.1, -0.05) is 36.7 Å². The van der Waals surface area contributed by atoms with Gasteiger partial charge in [0.05, 0.1) is 10.9 Å². The second-order valence-electron chi connectivity index (χ2n) is 16.6. The number of carbonyl (C=O) groups is 1. The van der Waals surface area contributed by atoms with Crippen LogP contribution in [0.15, 0.2) is 48.6 Å². The molecular formula is C42H61ClN4O5S. The van der Waals surface area contributed by atoms with Crippen LogP contribution in [0, 0.1) is 17.8 Å². The minimum absolute atomic E-state index is 0.222. The summed E-state index contributed by atoms with van der Waals surface area (Å²) < 4.78 is 42.9. The lowest BCUT2D eigenvalue weighted by molar-refractivity contribution is -0.104. The monoisotopic (exact) mass is 768 g/mol. The molecule has 1 N–H and O–H groups in total. The Morgan fingerprint density at radius 2 is 1.75 bits per heavy atom. The summed E-state index contributed by atoms with van der Waals surface area (Å²) >= 11 is 6.41. The van der Waals surface area contributed by atoms with Gasteiger partial charge in [0.2, 0.25) is 10.0 Å². The number of allylic oxidation sites excluding steroid dienone is 1. The molecule has 0 radical (unpaired) electrons. The second-order valence-corrected chi connectivity index (χ2v) is 19.1. The van der Waals surface area contributed by atoms with E-state index in [1.165, 1.54) is 5.56 Å². The quantitative estimate of drug-likeness (QED) is 0.324. The molecule has 0 unspecified atom stereocenters. The van der Waals surface area contributed by atoms with Crippen molar-refractivity contribution in [3.05, 3.63) is 70.3 Å². The van der Waals surface area contributed by atoms with Gasteiger partial charge in [-0.2, -0.15) is 0 Å². The molecule has 0 spiro atoms. The number of hydrogen-bond donors (Lipinski definition) is 1. The summed E-state index contributed by atoms with van der Waals surface area (Å²) in [5.74, 6) is 0.449. The number of hydrogen-bond acceptors (Lipinski definition) is 8. The van der Waals surface area contributed by atoms with Crippen LogP contribution < -0.4 is 14.4 Å². The maximum atomic E-state index is 13.6. The smallest absolute Gasteiger partial charge is 0.264 e. The highest BCUT2D eigenvalue weighted by Crippen LogP contribution is 2.47. The van der Waals surface area contributed by atoms with Gasteiger partial charge in [0.15, 0.2) is 0 Å². The first-order chi connectivity index (χ1) is 25.2.